The van der Waals surface area contributed by atoms with Gasteiger partial charge in [0.25, 0.3) is 0 Å². The van der Waals surface area contributed by atoms with Crippen LogP contribution in [-0.4, -0.2) is 19.0 Å². The summed E-state index contributed by atoms with van der Waals surface area (Å²) in [5.41, 5.74) is 3.58. The van der Waals surface area contributed by atoms with Crippen LogP contribution in [0, 0.1) is 0 Å². The second-order valence-corrected chi connectivity index (χ2v) is 5.29. The maximum absolute atomic E-state index is 12.0. The zero-order valence-electron chi connectivity index (χ0n) is 13.5. The van der Waals surface area contributed by atoms with E-state index in [1.165, 1.54) is 12.7 Å². The van der Waals surface area contributed by atoms with Crippen LogP contribution in [0.4, 0.5) is 5.69 Å². The lowest BCUT2D eigenvalue weighted by atomic mass is 10.1. The van der Waals surface area contributed by atoms with Crippen LogP contribution in [0.5, 0.6) is 0 Å². The molecule has 0 unspecified atom stereocenters. The molecule has 0 aliphatic carbocycles. The van der Waals surface area contributed by atoms with Crippen molar-refractivity contribution in [1.82, 2.24) is 0 Å². The van der Waals surface area contributed by atoms with Crippen LogP contribution < -0.4 is 5.32 Å². The lowest BCUT2D eigenvalue weighted by Gasteiger charge is -2.07. The predicted octanol–water partition coefficient (Wildman–Crippen LogP) is 3.61. The normalized spacial score (nSPS) is 10.2. The zero-order valence-corrected chi connectivity index (χ0v) is 13.5. The average Bonchev–Trinajstić information content (AvgIpc) is 2.60. The van der Waals surface area contributed by atoms with Gasteiger partial charge in [0.05, 0.1) is 12.7 Å². The quantitative estimate of drug-likeness (QED) is 0.829. The third-order valence-electron chi connectivity index (χ3n) is 3.66. The Kier molecular flexibility index (Phi) is 5.92. The minimum Gasteiger partial charge on any atom is -0.465 e. The third kappa shape index (κ3) is 4.95. The van der Waals surface area contributed by atoms with Crippen LogP contribution in [0.2, 0.25) is 0 Å². The SMILES string of the molecule is CCc1ccc(CCC(=O)Nc2ccc(C(=O)OC)cc2)cc1. The van der Waals surface area contributed by atoms with E-state index >= 15 is 0 Å². The van der Waals surface area contributed by atoms with E-state index in [4.69, 9.17) is 0 Å². The summed E-state index contributed by atoms with van der Waals surface area (Å²) in [6, 6.07) is 15.0. The van der Waals surface area contributed by atoms with E-state index in [2.05, 4.69) is 41.2 Å². The first-order valence-corrected chi connectivity index (χ1v) is 7.68. The van der Waals surface area contributed by atoms with Crippen molar-refractivity contribution in [1.29, 1.82) is 0 Å². The number of anilines is 1. The molecule has 0 aliphatic rings. The maximum Gasteiger partial charge on any atom is 0.337 e. The fourth-order valence-corrected chi connectivity index (χ4v) is 2.23. The number of esters is 1. The maximum atomic E-state index is 12.0. The Bertz CT molecular complexity index is 660. The van der Waals surface area contributed by atoms with Crippen molar-refractivity contribution in [3.8, 4) is 0 Å². The van der Waals surface area contributed by atoms with Crippen LogP contribution in [0.15, 0.2) is 48.5 Å². The van der Waals surface area contributed by atoms with Gasteiger partial charge in [-0.1, -0.05) is 31.2 Å². The van der Waals surface area contributed by atoms with Crippen molar-refractivity contribution in [3.05, 3.63) is 65.2 Å². The van der Waals surface area contributed by atoms with Gasteiger partial charge in [-0.25, -0.2) is 4.79 Å². The molecule has 0 radical (unpaired) electrons. The molecule has 0 saturated heterocycles. The summed E-state index contributed by atoms with van der Waals surface area (Å²) in [4.78, 5) is 23.3. The Morgan fingerprint density at radius 1 is 0.957 bits per heavy atom. The highest BCUT2D eigenvalue weighted by Gasteiger charge is 2.06. The number of amides is 1. The van der Waals surface area contributed by atoms with E-state index in [-0.39, 0.29) is 5.91 Å². The lowest BCUT2D eigenvalue weighted by Crippen LogP contribution is -2.12. The Hall–Kier alpha value is -2.62. The summed E-state index contributed by atoms with van der Waals surface area (Å²) in [5, 5.41) is 2.83. The number of methoxy groups -OCH3 is 1. The summed E-state index contributed by atoms with van der Waals surface area (Å²) < 4.78 is 4.63. The van der Waals surface area contributed by atoms with Gasteiger partial charge in [-0.3, -0.25) is 4.79 Å². The first kappa shape index (κ1) is 16.7. The van der Waals surface area contributed by atoms with Gasteiger partial charge in [0.1, 0.15) is 0 Å². The molecule has 0 spiro atoms. The molecular formula is C19H21NO3. The molecule has 4 heteroatoms. The summed E-state index contributed by atoms with van der Waals surface area (Å²) >= 11 is 0. The van der Waals surface area contributed by atoms with Gasteiger partial charge in [0.2, 0.25) is 5.91 Å². The smallest absolute Gasteiger partial charge is 0.337 e. The molecule has 1 amide bonds. The monoisotopic (exact) mass is 311 g/mol. The predicted molar refractivity (Wildman–Crippen MR) is 90.6 cm³/mol. The van der Waals surface area contributed by atoms with Gasteiger partial charge in [0.15, 0.2) is 0 Å². The Labute approximate surface area is 136 Å². The number of nitrogens with one attached hydrogen (secondary N) is 1. The standard InChI is InChI=1S/C19H21NO3/c1-3-14-4-6-15(7-5-14)8-13-18(21)20-17-11-9-16(10-12-17)19(22)23-2/h4-7,9-12H,3,8,13H2,1-2H3,(H,20,21). The van der Waals surface area contributed by atoms with Gasteiger partial charge in [-0.15, -0.1) is 0 Å². The average molecular weight is 311 g/mol. The molecule has 0 aliphatic heterocycles. The number of hydrogen-bond acceptors (Lipinski definition) is 3. The van der Waals surface area contributed by atoms with E-state index in [0.29, 0.717) is 24.1 Å². The number of benzene rings is 2. The van der Waals surface area contributed by atoms with E-state index in [1.54, 1.807) is 24.3 Å². The first-order chi connectivity index (χ1) is 11.1. The van der Waals surface area contributed by atoms with Crippen LogP contribution >= 0.6 is 0 Å². The van der Waals surface area contributed by atoms with Gasteiger partial charge in [-0.2, -0.15) is 0 Å². The Morgan fingerprint density at radius 3 is 2.13 bits per heavy atom. The molecule has 0 atom stereocenters. The van der Waals surface area contributed by atoms with Gasteiger partial charge >= 0.3 is 5.97 Å². The fourth-order valence-electron chi connectivity index (χ4n) is 2.23. The van der Waals surface area contributed by atoms with Gasteiger partial charge in [-0.05, 0) is 48.2 Å². The number of ether oxygens (including phenoxy) is 1. The molecule has 120 valence electrons. The number of carbonyl (C=O) groups excluding carboxylic acids is 2. The van der Waals surface area contributed by atoms with Crippen LogP contribution in [-0.2, 0) is 22.4 Å². The first-order valence-electron chi connectivity index (χ1n) is 7.68. The number of hydrogen-bond donors (Lipinski definition) is 1. The zero-order chi connectivity index (χ0) is 16.7. The van der Waals surface area contributed by atoms with E-state index < -0.39 is 5.97 Å². The van der Waals surface area contributed by atoms with E-state index in [0.717, 1.165) is 12.0 Å². The third-order valence-corrected chi connectivity index (χ3v) is 3.66. The minimum absolute atomic E-state index is 0.0459. The summed E-state index contributed by atoms with van der Waals surface area (Å²) in [7, 11) is 1.34. The fraction of sp³-hybridized carbons (Fsp3) is 0.263. The van der Waals surface area contributed by atoms with Crippen molar-refractivity contribution in [2.24, 2.45) is 0 Å². The molecule has 0 aromatic heterocycles. The van der Waals surface area contributed by atoms with Crippen molar-refractivity contribution in [2.45, 2.75) is 26.2 Å². The molecule has 1 N–H and O–H groups in total. The van der Waals surface area contributed by atoms with Crippen molar-refractivity contribution in [2.75, 3.05) is 12.4 Å². The van der Waals surface area contributed by atoms with E-state index in [9.17, 15) is 9.59 Å². The Morgan fingerprint density at radius 2 is 1.57 bits per heavy atom. The molecule has 2 aromatic carbocycles. The largest absolute Gasteiger partial charge is 0.465 e. The highest BCUT2D eigenvalue weighted by atomic mass is 16.5. The van der Waals surface area contributed by atoms with Crippen molar-refractivity contribution in [3.63, 3.8) is 0 Å². The highest BCUT2D eigenvalue weighted by molar-refractivity contribution is 5.93. The molecule has 4 nitrogen and oxygen atoms in total. The molecule has 23 heavy (non-hydrogen) atoms. The molecule has 0 bridgehead atoms. The molecule has 2 rings (SSSR count). The van der Waals surface area contributed by atoms with Crippen molar-refractivity contribution < 1.29 is 14.3 Å². The summed E-state index contributed by atoms with van der Waals surface area (Å²) in [6.45, 7) is 2.12. The molecule has 0 saturated carbocycles. The van der Waals surface area contributed by atoms with Crippen LogP contribution in [0.1, 0.15) is 34.8 Å². The van der Waals surface area contributed by atoms with E-state index in [1.807, 2.05) is 0 Å². The van der Waals surface area contributed by atoms with Crippen LogP contribution in [0.3, 0.4) is 0 Å². The number of aryl methyl sites for hydroxylation is 2. The molecule has 2 aromatic rings. The second kappa shape index (κ2) is 8.13. The van der Waals surface area contributed by atoms with Crippen molar-refractivity contribution >= 4 is 17.6 Å². The number of carbonyl (C=O) groups is 2. The second-order valence-electron chi connectivity index (χ2n) is 5.29. The summed E-state index contributed by atoms with van der Waals surface area (Å²) in [5.74, 6) is -0.436. The summed E-state index contributed by atoms with van der Waals surface area (Å²) in [6.07, 6.45) is 2.14. The highest BCUT2D eigenvalue weighted by Crippen LogP contribution is 2.12. The van der Waals surface area contributed by atoms with Gasteiger partial charge in [0, 0.05) is 12.1 Å². The van der Waals surface area contributed by atoms with Crippen LogP contribution in [0.25, 0.3) is 0 Å². The topological polar surface area (TPSA) is 55.4 Å². The molecule has 0 heterocycles. The molecule has 0 fully saturated rings. The molecular weight excluding hydrogens is 290 g/mol. The lowest BCUT2D eigenvalue weighted by molar-refractivity contribution is -0.116. The van der Waals surface area contributed by atoms with Gasteiger partial charge < -0.3 is 10.1 Å². The Balaban J connectivity index is 1.85. The minimum atomic E-state index is -0.390. The number of rotatable bonds is 6.